The molecule has 0 saturated carbocycles. The van der Waals surface area contributed by atoms with Crippen molar-refractivity contribution in [1.82, 2.24) is 5.32 Å². The lowest BCUT2D eigenvalue weighted by atomic mass is 10.2. The van der Waals surface area contributed by atoms with Gasteiger partial charge in [-0.05, 0) is 40.8 Å². The Bertz CT molecular complexity index is 621. The van der Waals surface area contributed by atoms with E-state index in [0.29, 0.717) is 11.8 Å². The second-order valence-corrected chi connectivity index (χ2v) is 5.77. The van der Waals surface area contributed by atoms with Crippen LogP contribution in [0.5, 0.6) is 5.75 Å². The van der Waals surface area contributed by atoms with Crippen LogP contribution in [0.25, 0.3) is 6.08 Å². The zero-order chi connectivity index (χ0) is 13.9. The summed E-state index contributed by atoms with van der Waals surface area (Å²) >= 11 is 7.74. The van der Waals surface area contributed by atoms with Crippen LogP contribution in [0.3, 0.4) is 0 Å². The van der Waals surface area contributed by atoms with Crippen LogP contribution in [-0.4, -0.2) is 7.11 Å². The number of hydrogen-bond acceptors (Lipinski definition) is 4. The Balaban J connectivity index is 1.68. The molecule has 1 atom stereocenters. The highest BCUT2D eigenvalue weighted by Gasteiger charge is 2.21. The van der Waals surface area contributed by atoms with Crippen molar-refractivity contribution in [3.05, 3.63) is 56.9 Å². The largest absolute Gasteiger partial charge is 0.497 e. The molecule has 2 heterocycles. The summed E-state index contributed by atoms with van der Waals surface area (Å²) in [4.78, 5) is 1.16. The van der Waals surface area contributed by atoms with Crippen LogP contribution in [0.1, 0.15) is 22.2 Å². The molecule has 1 aromatic heterocycles. The minimum atomic E-state index is -0.190. The van der Waals surface area contributed by atoms with Crippen LogP contribution in [0.4, 0.5) is 0 Å². The van der Waals surface area contributed by atoms with Crippen molar-refractivity contribution in [2.24, 2.45) is 0 Å². The monoisotopic (exact) mass is 307 g/mol. The van der Waals surface area contributed by atoms with Crippen molar-refractivity contribution < 1.29 is 9.47 Å². The Morgan fingerprint density at radius 2 is 2.05 bits per heavy atom. The summed E-state index contributed by atoms with van der Waals surface area (Å²) in [5.74, 6) is 0.844. The zero-order valence-corrected chi connectivity index (χ0v) is 12.5. The predicted octanol–water partition coefficient (Wildman–Crippen LogP) is 4.11. The Hall–Kier alpha value is -1.49. The van der Waals surface area contributed by atoms with Crippen LogP contribution >= 0.6 is 22.9 Å². The number of nitrogens with one attached hydrogen (secondary N) is 1. The summed E-state index contributed by atoms with van der Waals surface area (Å²) in [5.41, 5.74) is 2.22. The maximum Gasteiger partial charge on any atom is 0.164 e. The second kappa shape index (κ2) is 5.87. The first-order chi connectivity index (χ1) is 9.76. The molecule has 0 saturated heterocycles. The summed E-state index contributed by atoms with van der Waals surface area (Å²) in [5, 5.41) is 5.79. The molecule has 1 aliphatic rings. The molecule has 20 heavy (non-hydrogen) atoms. The molecular weight excluding hydrogens is 294 g/mol. The van der Waals surface area contributed by atoms with Crippen molar-refractivity contribution in [3.63, 3.8) is 0 Å². The van der Waals surface area contributed by atoms with Crippen LogP contribution in [0.2, 0.25) is 0 Å². The Kier molecular flexibility index (Phi) is 3.96. The highest BCUT2D eigenvalue weighted by Crippen LogP contribution is 2.33. The highest BCUT2D eigenvalue weighted by molar-refractivity contribution is 7.10. The van der Waals surface area contributed by atoms with Gasteiger partial charge in [-0.25, -0.2) is 0 Å². The molecular formula is C15H14ClNO2S. The average molecular weight is 308 g/mol. The summed E-state index contributed by atoms with van der Waals surface area (Å²) in [6.07, 6.45) is 1.73. The normalized spacial score (nSPS) is 17.1. The summed E-state index contributed by atoms with van der Waals surface area (Å²) < 4.78 is 11.1. The van der Waals surface area contributed by atoms with Crippen LogP contribution in [0, 0.1) is 0 Å². The Morgan fingerprint density at radius 3 is 2.80 bits per heavy atom. The average Bonchev–Trinajstić information content (AvgIpc) is 2.93. The van der Waals surface area contributed by atoms with E-state index in [1.54, 1.807) is 18.4 Å². The van der Waals surface area contributed by atoms with Gasteiger partial charge in [-0.15, -0.1) is 11.3 Å². The van der Waals surface area contributed by atoms with Crippen molar-refractivity contribution in [1.29, 1.82) is 0 Å². The van der Waals surface area contributed by atoms with Gasteiger partial charge in [-0.1, -0.05) is 23.7 Å². The maximum absolute atomic E-state index is 6.08. The maximum atomic E-state index is 6.08. The van der Waals surface area contributed by atoms with E-state index in [9.17, 15) is 0 Å². The topological polar surface area (TPSA) is 30.5 Å². The number of methoxy groups -OCH3 is 1. The number of rotatable bonds is 4. The van der Waals surface area contributed by atoms with E-state index in [1.807, 2.05) is 41.8 Å². The highest BCUT2D eigenvalue weighted by atomic mass is 35.5. The van der Waals surface area contributed by atoms with Gasteiger partial charge in [-0.2, -0.15) is 0 Å². The van der Waals surface area contributed by atoms with Crippen molar-refractivity contribution in [3.8, 4) is 5.75 Å². The molecule has 0 bridgehead atoms. The third-order valence-corrected chi connectivity index (χ3v) is 4.29. The molecule has 0 spiro atoms. The molecule has 1 N–H and O–H groups in total. The molecule has 3 rings (SSSR count). The van der Waals surface area contributed by atoms with Crippen molar-refractivity contribution in [2.45, 2.75) is 12.8 Å². The Labute approximate surface area is 126 Å². The van der Waals surface area contributed by atoms with E-state index in [2.05, 4.69) is 5.32 Å². The molecule has 104 valence electrons. The first kappa shape index (κ1) is 13.5. The lowest BCUT2D eigenvalue weighted by molar-refractivity contribution is 0.0260. The molecule has 1 aromatic carbocycles. The van der Waals surface area contributed by atoms with Gasteiger partial charge in [0.1, 0.15) is 10.9 Å². The summed E-state index contributed by atoms with van der Waals surface area (Å²) in [6.45, 7) is 0.517. The van der Waals surface area contributed by atoms with Crippen LogP contribution in [0.15, 0.2) is 40.9 Å². The number of benzene rings is 1. The summed E-state index contributed by atoms with van der Waals surface area (Å²) in [6, 6.07) is 9.89. The quantitative estimate of drug-likeness (QED) is 0.862. The van der Waals surface area contributed by atoms with Crippen molar-refractivity contribution in [2.75, 3.05) is 7.11 Å². The van der Waals surface area contributed by atoms with Gasteiger partial charge in [-0.3, -0.25) is 0 Å². The smallest absolute Gasteiger partial charge is 0.164 e. The van der Waals surface area contributed by atoms with E-state index in [1.165, 1.54) is 0 Å². The number of thiophene rings is 1. The van der Waals surface area contributed by atoms with Crippen LogP contribution in [-0.2, 0) is 11.3 Å². The zero-order valence-electron chi connectivity index (χ0n) is 10.9. The van der Waals surface area contributed by atoms with Gasteiger partial charge < -0.3 is 14.8 Å². The molecule has 0 fully saturated rings. The van der Waals surface area contributed by atoms with Gasteiger partial charge in [0.2, 0.25) is 0 Å². The molecule has 2 aromatic rings. The predicted molar refractivity (Wildman–Crippen MR) is 81.8 cm³/mol. The van der Waals surface area contributed by atoms with Gasteiger partial charge in [0.25, 0.3) is 0 Å². The fraction of sp³-hybridized carbons (Fsp3) is 0.200. The molecule has 1 aliphatic heterocycles. The van der Waals surface area contributed by atoms with Gasteiger partial charge in [0, 0.05) is 0 Å². The summed E-state index contributed by atoms with van der Waals surface area (Å²) in [7, 11) is 1.66. The molecule has 0 aliphatic carbocycles. The first-order valence-corrected chi connectivity index (χ1v) is 7.47. The molecule has 0 radical (unpaired) electrons. The molecule has 0 amide bonds. The van der Waals surface area contributed by atoms with Gasteiger partial charge in [0.15, 0.2) is 6.23 Å². The standard InChI is InChI=1S/C15H14ClNO2S/c1-18-12-4-2-10(3-5-12)9-19-15-14-11(6-7-20-14)8-13(16)17-15/h2-8,15,17H,9H2,1H3. The second-order valence-electron chi connectivity index (χ2n) is 4.42. The number of hydrogen-bond donors (Lipinski definition) is 1. The van der Waals surface area contributed by atoms with E-state index >= 15 is 0 Å². The minimum Gasteiger partial charge on any atom is -0.497 e. The third kappa shape index (κ3) is 2.82. The minimum absolute atomic E-state index is 0.190. The van der Waals surface area contributed by atoms with E-state index in [0.717, 1.165) is 21.8 Å². The van der Waals surface area contributed by atoms with E-state index < -0.39 is 0 Å². The van der Waals surface area contributed by atoms with Crippen LogP contribution < -0.4 is 10.1 Å². The number of fused-ring (bicyclic) bond motifs is 1. The lowest BCUT2D eigenvalue weighted by Crippen LogP contribution is -2.23. The SMILES string of the molecule is COc1ccc(COC2NC(Cl)=Cc3ccsc32)cc1. The Morgan fingerprint density at radius 1 is 1.25 bits per heavy atom. The molecule has 3 nitrogen and oxygen atoms in total. The lowest BCUT2D eigenvalue weighted by Gasteiger charge is -2.23. The molecule has 5 heteroatoms. The third-order valence-electron chi connectivity index (χ3n) is 3.09. The van der Waals surface area contributed by atoms with E-state index in [-0.39, 0.29) is 6.23 Å². The van der Waals surface area contributed by atoms with Crippen molar-refractivity contribution >= 4 is 29.0 Å². The fourth-order valence-corrected chi connectivity index (χ4v) is 3.14. The molecule has 1 unspecified atom stereocenters. The number of ether oxygens (including phenoxy) is 2. The fourth-order valence-electron chi connectivity index (χ4n) is 2.05. The van der Waals surface area contributed by atoms with Gasteiger partial charge >= 0.3 is 0 Å². The van der Waals surface area contributed by atoms with Gasteiger partial charge in [0.05, 0.1) is 18.6 Å². The first-order valence-electron chi connectivity index (χ1n) is 6.22. The number of halogens is 1. The van der Waals surface area contributed by atoms with E-state index in [4.69, 9.17) is 21.1 Å².